The molecule has 1 aromatic rings. The standard InChI is InChI=1S/C17H25N3O3/c1-3-7-17(21)19-16-12-14(15(22-2)13-18-16)23-11-6-10-20-8-4-5-9-20/h3,7,12-13H,4-6,8-11H2,1-2H3,(H,18,19,21)/b7-3+. The minimum Gasteiger partial charge on any atom is -0.491 e. The van der Waals surface area contributed by atoms with Gasteiger partial charge in [0.1, 0.15) is 5.82 Å². The first kappa shape index (κ1) is 17.3. The van der Waals surface area contributed by atoms with E-state index in [-0.39, 0.29) is 5.91 Å². The van der Waals surface area contributed by atoms with Gasteiger partial charge in [-0.25, -0.2) is 4.98 Å². The third-order valence-electron chi connectivity index (χ3n) is 3.70. The number of amides is 1. The second-order valence-electron chi connectivity index (χ2n) is 5.46. The lowest BCUT2D eigenvalue weighted by atomic mass is 10.3. The Labute approximate surface area is 137 Å². The average molecular weight is 319 g/mol. The van der Waals surface area contributed by atoms with Crippen LogP contribution in [0, 0.1) is 0 Å². The van der Waals surface area contributed by atoms with Gasteiger partial charge >= 0.3 is 0 Å². The van der Waals surface area contributed by atoms with Crippen molar-refractivity contribution in [1.82, 2.24) is 9.88 Å². The summed E-state index contributed by atoms with van der Waals surface area (Å²) < 4.78 is 11.1. The van der Waals surface area contributed by atoms with Gasteiger partial charge in [-0.15, -0.1) is 0 Å². The Balaban J connectivity index is 1.88. The molecule has 2 heterocycles. The summed E-state index contributed by atoms with van der Waals surface area (Å²) in [6.07, 6.45) is 8.24. The minimum atomic E-state index is -0.217. The molecule has 0 aliphatic carbocycles. The van der Waals surface area contributed by atoms with E-state index in [1.807, 2.05) is 0 Å². The highest BCUT2D eigenvalue weighted by Gasteiger charge is 2.12. The normalized spacial score (nSPS) is 15.0. The van der Waals surface area contributed by atoms with Crippen molar-refractivity contribution < 1.29 is 14.3 Å². The van der Waals surface area contributed by atoms with E-state index in [0.717, 1.165) is 13.0 Å². The van der Waals surface area contributed by atoms with Crippen LogP contribution in [0.25, 0.3) is 0 Å². The van der Waals surface area contributed by atoms with Crippen LogP contribution in [-0.4, -0.2) is 49.1 Å². The Morgan fingerprint density at radius 1 is 1.39 bits per heavy atom. The van der Waals surface area contributed by atoms with Crippen molar-refractivity contribution in [2.75, 3.05) is 38.7 Å². The molecule has 0 aromatic carbocycles. The quantitative estimate of drug-likeness (QED) is 0.589. The summed E-state index contributed by atoms with van der Waals surface area (Å²) in [7, 11) is 1.58. The molecule has 6 nitrogen and oxygen atoms in total. The number of pyridine rings is 1. The van der Waals surface area contributed by atoms with Crippen LogP contribution in [0.1, 0.15) is 26.2 Å². The summed E-state index contributed by atoms with van der Waals surface area (Å²) >= 11 is 0. The van der Waals surface area contributed by atoms with Gasteiger partial charge in [-0.2, -0.15) is 0 Å². The molecule has 0 spiro atoms. The number of nitrogens with zero attached hydrogens (tertiary/aromatic N) is 2. The van der Waals surface area contributed by atoms with Crippen LogP contribution in [-0.2, 0) is 4.79 Å². The van der Waals surface area contributed by atoms with Crippen molar-refractivity contribution in [3.05, 3.63) is 24.4 Å². The summed E-state index contributed by atoms with van der Waals surface area (Å²) in [5.74, 6) is 1.39. The maximum absolute atomic E-state index is 11.6. The fourth-order valence-electron chi connectivity index (χ4n) is 2.55. The molecule has 1 N–H and O–H groups in total. The topological polar surface area (TPSA) is 63.7 Å². The molecular weight excluding hydrogens is 294 g/mol. The lowest BCUT2D eigenvalue weighted by Gasteiger charge is -2.15. The zero-order valence-electron chi connectivity index (χ0n) is 13.9. The van der Waals surface area contributed by atoms with E-state index in [1.54, 1.807) is 32.4 Å². The Hall–Kier alpha value is -2.08. The highest BCUT2D eigenvalue weighted by Crippen LogP contribution is 2.28. The number of carbonyl (C=O) groups is 1. The zero-order chi connectivity index (χ0) is 16.5. The number of allylic oxidation sites excluding steroid dienone is 1. The van der Waals surface area contributed by atoms with E-state index in [2.05, 4.69) is 15.2 Å². The van der Waals surface area contributed by atoms with Crippen LogP contribution in [0.4, 0.5) is 5.82 Å². The van der Waals surface area contributed by atoms with Gasteiger partial charge in [-0.05, 0) is 45.4 Å². The van der Waals surface area contributed by atoms with Crippen LogP contribution >= 0.6 is 0 Å². The minimum absolute atomic E-state index is 0.217. The Morgan fingerprint density at radius 2 is 2.17 bits per heavy atom. The second-order valence-corrected chi connectivity index (χ2v) is 5.46. The first-order valence-electron chi connectivity index (χ1n) is 8.06. The summed E-state index contributed by atoms with van der Waals surface area (Å²) in [4.78, 5) is 18.2. The highest BCUT2D eigenvalue weighted by atomic mass is 16.5. The van der Waals surface area contributed by atoms with Crippen molar-refractivity contribution in [3.8, 4) is 11.5 Å². The molecule has 1 amide bonds. The van der Waals surface area contributed by atoms with Gasteiger partial charge in [0.15, 0.2) is 11.5 Å². The van der Waals surface area contributed by atoms with E-state index in [4.69, 9.17) is 9.47 Å². The number of nitrogens with one attached hydrogen (secondary N) is 1. The fraction of sp³-hybridized carbons (Fsp3) is 0.529. The predicted octanol–water partition coefficient (Wildman–Crippen LogP) is 2.47. The molecule has 1 aliphatic rings. The average Bonchev–Trinajstić information content (AvgIpc) is 3.05. The molecule has 23 heavy (non-hydrogen) atoms. The van der Waals surface area contributed by atoms with Gasteiger partial charge < -0.3 is 19.7 Å². The molecule has 0 atom stereocenters. The molecular formula is C17H25N3O3. The third kappa shape index (κ3) is 5.56. The molecule has 0 saturated carbocycles. The van der Waals surface area contributed by atoms with E-state index in [9.17, 15) is 4.79 Å². The Bertz CT molecular complexity index is 540. The monoisotopic (exact) mass is 319 g/mol. The highest BCUT2D eigenvalue weighted by molar-refractivity contribution is 5.98. The lowest BCUT2D eigenvalue weighted by molar-refractivity contribution is -0.111. The fourth-order valence-corrected chi connectivity index (χ4v) is 2.55. The summed E-state index contributed by atoms with van der Waals surface area (Å²) in [6.45, 7) is 5.84. The van der Waals surface area contributed by atoms with Gasteiger partial charge in [-0.3, -0.25) is 4.79 Å². The first-order valence-corrected chi connectivity index (χ1v) is 8.06. The molecule has 2 rings (SSSR count). The van der Waals surface area contributed by atoms with E-state index < -0.39 is 0 Å². The number of methoxy groups -OCH3 is 1. The SMILES string of the molecule is C/C=C/C(=O)Nc1cc(OCCCN2CCCC2)c(OC)cn1. The largest absolute Gasteiger partial charge is 0.491 e. The molecule has 0 unspecified atom stereocenters. The summed E-state index contributed by atoms with van der Waals surface area (Å²) in [5.41, 5.74) is 0. The molecule has 126 valence electrons. The molecule has 1 fully saturated rings. The Kier molecular flexibility index (Phi) is 6.87. The van der Waals surface area contributed by atoms with E-state index in [0.29, 0.717) is 23.9 Å². The summed E-state index contributed by atoms with van der Waals surface area (Å²) in [6, 6.07) is 1.69. The lowest BCUT2D eigenvalue weighted by Crippen LogP contribution is -2.22. The number of ether oxygens (including phenoxy) is 2. The maximum atomic E-state index is 11.6. The molecule has 1 aromatic heterocycles. The number of hydrogen-bond donors (Lipinski definition) is 1. The summed E-state index contributed by atoms with van der Waals surface area (Å²) in [5, 5.41) is 2.69. The van der Waals surface area contributed by atoms with Crippen molar-refractivity contribution >= 4 is 11.7 Å². The maximum Gasteiger partial charge on any atom is 0.249 e. The van der Waals surface area contributed by atoms with Crippen molar-refractivity contribution in [2.24, 2.45) is 0 Å². The van der Waals surface area contributed by atoms with Crippen LogP contribution < -0.4 is 14.8 Å². The predicted molar refractivity (Wildman–Crippen MR) is 90.0 cm³/mol. The van der Waals surface area contributed by atoms with Gasteiger partial charge in [0.2, 0.25) is 5.91 Å². The molecule has 1 saturated heterocycles. The smallest absolute Gasteiger partial charge is 0.249 e. The molecule has 1 aliphatic heterocycles. The van der Waals surface area contributed by atoms with E-state index >= 15 is 0 Å². The number of aromatic nitrogens is 1. The third-order valence-corrected chi connectivity index (χ3v) is 3.70. The Morgan fingerprint density at radius 3 is 2.87 bits per heavy atom. The number of anilines is 1. The van der Waals surface area contributed by atoms with Gasteiger partial charge in [0.25, 0.3) is 0 Å². The molecule has 0 bridgehead atoms. The number of hydrogen-bond acceptors (Lipinski definition) is 5. The number of likely N-dealkylation sites (tertiary alicyclic amines) is 1. The van der Waals surface area contributed by atoms with Crippen LogP contribution in [0.2, 0.25) is 0 Å². The van der Waals surface area contributed by atoms with Gasteiger partial charge in [-0.1, -0.05) is 6.08 Å². The second kappa shape index (κ2) is 9.15. The van der Waals surface area contributed by atoms with Crippen molar-refractivity contribution in [3.63, 3.8) is 0 Å². The van der Waals surface area contributed by atoms with Crippen molar-refractivity contribution in [2.45, 2.75) is 26.2 Å². The van der Waals surface area contributed by atoms with Crippen LogP contribution in [0.3, 0.4) is 0 Å². The van der Waals surface area contributed by atoms with E-state index in [1.165, 1.54) is 32.0 Å². The van der Waals surface area contributed by atoms with Crippen molar-refractivity contribution in [1.29, 1.82) is 0 Å². The van der Waals surface area contributed by atoms with Gasteiger partial charge in [0.05, 0.1) is 19.9 Å². The molecule has 6 heteroatoms. The first-order chi connectivity index (χ1) is 11.2. The van der Waals surface area contributed by atoms with Crippen LogP contribution in [0.5, 0.6) is 11.5 Å². The molecule has 0 radical (unpaired) electrons. The zero-order valence-corrected chi connectivity index (χ0v) is 13.9. The van der Waals surface area contributed by atoms with Crippen LogP contribution in [0.15, 0.2) is 24.4 Å². The van der Waals surface area contributed by atoms with Gasteiger partial charge in [0, 0.05) is 12.6 Å². The number of carbonyl (C=O) groups excluding carboxylic acids is 1. The number of rotatable bonds is 8.